The molecule has 0 radical (unpaired) electrons. The van der Waals surface area contributed by atoms with Crippen LogP contribution in [0.25, 0.3) is 0 Å². The summed E-state index contributed by atoms with van der Waals surface area (Å²) in [5, 5.41) is 0. The summed E-state index contributed by atoms with van der Waals surface area (Å²) in [5.41, 5.74) is 6.38. The van der Waals surface area contributed by atoms with Gasteiger partial charge in [-0.15, -0.1) is 0 Å². The molecule has 3 N–H and O–H groups in total. The lowest BCUT2D eigenvalue weighted by molar-refractivity contribution is 0.596. The lowest BCUT2D eigenvalue weighted by Crippen LogP contribution is -2.17. The number of halogens is 1. The van der Waals surface area contributed by atoms with Gasteiger partial charge in [-0.1, -0.05) is 12.1 Å². The number of sulfonamides is 1. The predicted octanol–water partition coefficient (Wildman–Crippen LogP) is 2.27. The van der Waals surface area contributed by atoms with E-state index in [1.807, 2.05) is 0 Å². The van der Waals surface area contributed by atoms with Crippen molar-refractivity contribution in [1.29, 1.82) is 0 Å². The van der Waals surface area contributed by atoms with E-state index in [0.29, 0.717) is 11.4 Å². The number of nitrogens with one attached hydrogen (secondary N) is 1. The highest BCUT2D eigenvalue weighted by molar-refractivity contribution is 7.92. The average molecular weight is 309 g/mol. The molecule has 112 valence electrons. The maximum Gasteiger partial charge on any atom is 0.262 e. The van der Waals surface area contributed by atoms with Gasteiger partial charge in [-0.2, -0.15) is 0 Å². The van der Waals surface area contributed by atoms with Crippen LogP contribution in [0.15, 0.2) is 47.4 Å². The van der Waals surface area contributed by atoms with E-state index in [1.54, 1.807) is 43.3 Å². The van der Waals surface area contributed by atoms with Crippen molar-refractivity contribution in [2.24, 2.45) is 0 Å². The van der Waals surface area contributed by atoms with Gasteiger partial charge in [-0.25, -0.2) is 12.8 Å². The van der Waals surface area contributed by atoms with Crippen molar-refractivity contribution in [3.05, 3.63) is 48.3 Å². The first kappa shape index (κ1) is 15.1. The van der Waals surface area contributed by atoms with Crippen molar-refractivity contribution in [3.8, 4) is 0 Å². The highest BCUT2D eigenvalue weighted by atomic mass is 32.2. The molecule has 7 heteroatoms. The van der Waals surface area contributed by atoms with Gasteiger partial charge in [0.1, 0.15) is 5.82 Å². The molecule has 0 aliphatic carbocycles. The van der Waals surface area contributed by atoms with Crippen LogP contribution in [0, 0.1) is 5.82 Å². The van der Waals surface area contributed by atoms with Gasteiger partial charge in [0.15, 0.2) is 0 Å². The molecule has 5 nitrogen and oxygen atoms in total. The van der Waals surface area contributed by atoms with Gasteiger partial charge in [0.25, 0.3) is 10.0 Å². The van der Waals surface area contributed by atoms with E-state index in [0.717, 1.165) is 6.07 Å². The number of anilines is 3. The second-order valence-corrected chi connectivity index (χ2v) is 6.38. The Labute approximate surface area is 123 Å². The standard InChI is InChI=1S/C14H16FN3O2S/c1-18(2)14-6-4-3-5-13(14)17-21(19,20)10-7-8-12(16)11(15)9-10/h3-9,17H,16H2,1-2H3. The lowest BCUT2D eigenvalue weighted by Gasteiger charge is -2.18. The normalized spacial score (nSPS) is 11.2. The van der Waals surface area contributed by atoms with Gasteiger partial charge in [-0.05, 0) is 30.3 Å². The maximum atomic E-state index is 13.4. The van der Waals surface area contributed by atoms with Crippen molar-refractivity contribution in [2.45, 2.75) is 4.90 Å². The van der Waals surface area contributed by atoms with Crippen LogP contribution >= 0.6 is 0 Å². The average Bonchev–Trinajstić information content (AvgIpc) is 2.41. The van der Waals surface area contributed by atoms with Crippen LogP contribution in [0.1, 0.15) is 0 Å². The summed E-state index contributed by atoms with van der Waals surface area (Å²) in [7, 11) is -0.278. The Morgan fingerprint density at radius 1 is 1.14 bits per heavy atom. The molecule has 0 bridgehead atoms. The Balaban J connectivity index is 2.40. The number of nitrogen functional groups attached to an aromatic ring is 1. The topological polar surface area (TPSA) is 75.4 Å². The van der Waals surface area contributed by atoms with Crippen LogP contribution in [-0.2, 0) is 10.0 Å². The molecule has 0 atom stereocenters. The van der Waals surface area contributed by atoms with Gasteiger partial charge in [0, 0.05) is 14.1 Å². The summed E-state index contributed by atoms with van der Waals surface area (Å²) < 4.78 is 40.5. The molecule has 0 saturated carbocycles. The molecule has 0 heterocycles. The molecule has 0 spiro atoms. The van der Waals surface area contributed by atoms with E-state index in [1.165, 1.54) is 12.1 Å². The molecular weight excluding hydrogens is 293 g/mol. The third-order valence-corrected chi connectivity index (χ3v) is 4.28. The van der Waals surface area contributed by atoms with E-state index in [2.05, 4.69) is 4.72 Å². The van der Waals surface area contributed by atoms with Gasteiger partial charge >= 0.3 is 0 Å². The number of para-hydroxylation sites is 2. The molecule has 2 aromatic carbocycles. The molecule has 0 aliphatic heterocycles. The molecule has 2 rings (SSSR count). The summed E-state index contributed by atoms with van der Waals surface area (Å²) in [6, 6.07) is 10.3. The Hall–Kier alpha value is -2.28. The van der Waals surface area contributed by atoms with Crippen LogP contribution in [0.3, 0.4) is 0 Å². The molecule has 0 aliphatic rings. The summed E-state index contributed by atoms with van der Waals surface area (Å²) in [6.07, 6.45) is 0. The van der Waals surface area contributed by atoms with Crippen molar-refractivity contribution >= 4 is 27.1 Å². The summed E-state index contributed by atoms with van der Waals surface area (Å²) in [5.74, 6) is -0.765. The van der Waals surface area contributed by atoms with Crippen molar-refractivity contribution in [3.63, 3.8) is 0 Å². The van der Waals surface area contributed by atoms with E-state index < -0.39 is 15.8 Å². The van der Waals surface area contributed by atoms with E-state index in [-0.39, 0.29) is 10.6 Å². The van der Waals surface area contributed by atoms with Crippen LogP contribution in [0.5, 0.6) is 0 Å². The molecule has 0 amide bonds. The van der Waals surface area contributed by atoms with Gasteiger partial charge in [0.2, 0.25) is 0 Å². The first-order valence-corrected chi connectivity index (χ1v) is 7.64. The first-order chi connectivity index (χ1) is 9.81. The predicted molar refractivity (Wildman–Crippen MR) is 82.4 cm³/mol. The molecule has 0 aromatic heterocycles. The van der Waals surface area contributed by atoms with Crippen LogP contribution < -0.4 is 15.4 Å². The molecule has 0 unspecified atom stereocenters. The fourth-order valence-electron chi connectivity index (χ4n) is 1.83. The quantitative estimate of drug-likeness (QED) is 0.850. The zero-order valence-corrected chi connectivity index (χ0v) is 12.5. The van der Waals surface area contributed by atoms with E-state index in [4.69, 9.17) is 5.73 Å². The number of nitrogens with two attached hydrogens (primary N) is 1. The highest BCUT2D eigenvalue weighted by Gasteiger charge is 2.17. The third kappa shape index (κ3) is 3.25. The van der Waals surface area contributed by atoms with Gasteiger partial charge in [-0.3, -0.25) is 4.72 Å². The monoisotopic (exact) mass is 309 g/mol. The van der Waals surface area contributed by atoms with Crippen molar-refractivity contribution < 1.29 is 12.8 Å². The van der Waals surface area contributed by atoms with Gasteiger partial charge < -0.3 is 10.6 Å². The van der Waals surface area contributed by atoms with Crippen LogP contribution in [-0.4, -0.2) is 22.5 Å². The Morgan fingerprint density at radius 2 is 1.81 bits per heavy atom. The summed E-state index contributed by atoms with van der Waals surface area (Å²) in [4.78, 5) is 1.60. The first-order valence-electron chi connectivity index (χ1n) is 6.15. The van der Waals surface area contributed by atoms with Crippen molar-refractivity contribution in [1.82, 2.24) is 0 Å². The lowest BCUT2D eigenvalue weighted by atomic mass is 10.2. The maximum absolute atomic E-state index is 13.4. The van der Waals surface area contributed by atoms with E-state index >= 15 is 0 Å². The number of hydrogen-bond donors (Lipinski definition) is 2. The Morgan fingerprint density at radius 3 is 2.43 bits per heavy atom. The summed E-state index contributed by atoms with van der Waals surface area (Å²) in [6.45, 7) is 0. The fraction of sp³-hybridized carbons (Fsp3) is 0.143. The molecule has 0 fully saturated rings. The van der Waals surface area contributed by atoms with E-state index in [9.17, 15) is 12.8 Å². The molecule has 2 aromatic rings. The second-order valence-electron chi connectivity index (χ2n) is 4.70. The van der Waals surface area contributed by atoms with Crippen LogP contribution in [0.2, 0.25) is 0 Å². The Kier molecular flexibility index (Phi) is 4.04. The summed E-state index contributed by atoms with van der Waals surface area (Å²) >= 11 is 0. The SMILES string of the molecule is CN(C)c1ccccc1NS(=O)(=O)c1ccc(N)c(F)c1. The molecular formula is C14H16FN3O2S. The minimum atomic E-state index is -3.88. The molecule has 21 heavy (non-hydrogen) atoms. The number of hydrogen-bond acceptors (Lipinski definition) is 4. The highest BCUT2D eigenvalue weighted by Crippen LogP contribution is 2.27. The number of benzene rings is 2. The smallest absolute Gasteiger partial charge is 0.262 e. The second kappa shape index (κ2) is 5.61. The van der Waals surface area contributed by atoms with Crippen molar-refractivity contribution in [2.75, 3.05) is 29.5 Å². The fourth-order valence-corrected chi connectivity index (χ4v) is 2.91. The Bertz CT molecular complexity index is 761. The zero-order chi connectivity index (χ0) is 15.6. The zero-order valence-electron chi connectivity index (χ0n) is 11.7. The minimum absolute atomic E-state index is 0.0948. The molecule has 0 saturated heterocycles. The minimum Gasteiger partial charge on any atom is -0.396 e. The van der Waals surface area contributed by atoms with Gasteiger partial charge in [0.05, 0.1) is 22.0 Å². The number of rotatable bonds is 4. The largest absolute Gasteiger partial charge is 0.396 e. The third-order valence-electron chi connectivity index (χ3n) is 2.91. The van der Waals surface area contributed by atoms with Crippen LogP contribution in [0.4, 0.5) is 21.5 Å². The number of nitrogens with zero attached hydrogens (tertiary/aromatic N) is 1.